The van der Waals surface area contributed by atoms with Gasteiger partial charge in [-0.1, -0.05) is 0 Å². The third-order valence-corrected chi connectivity index (χ3v) is 5.94. The molecule has 4 rings (SSSR count). The zero-order valence-electron chi connectivity index (χ0n) is 14.0. The normalized spacial score (nSPS) is 23.2. The number of hydrogen-bond acceptors (Lipinski definition) is 6. The number of hydrogen-bond donors (Lipinski definition) is 1. The Hall–Kier alpha value is -1.73. The maximum absolute atomic E-state index is 12.5. The van der Waals surface area contributed by atoms with Crippen molar-refractivity contribution in [2.75, 3.05) is 18.5 Å². The largest absolute Gasteiger partial charge is 0.377 e. The second kappa shape index (κ2) is 6.29. The third kappa shape index (κ3) is 2.86. The minimum absolute atomic E-state index is 0.0155. The SMILES string of the molecule is Cc1nc(NC2COCC2n2nc3c(cc2=O)CCCC3)sc1C. The number of ether oxygens (including phenoxy) is 1. The highest BCUT2D eigenvalue weighted by atomic mass is 32.1. The maximum atomic E-state index is 12.5. The van der Waals surface area contributed by atoms with Gasteiger partial charge < -0.3 is 10.1 Å². The smallest absolute Gasteiger partial charge is 0.267 e. The molecule has 2 atom stereocenters. The van der Waals surface area contributed by atoms with Crippen LogP contribution in [0.3, 0.4) is 0 Å². The van der Waals surface area contributed by atoms with Crippen molar-refractivity contribution in [3.8, 4) is 0 Å². The van der Waals surface area contributed by atoms with Crippen LogP contribution >= 0.6 is 11.3 Å². The van der Waals surface area contributed by atoms with Gasteiger partial charge in [-0.05, 0) is 45.1 Å². The van der Waals surface area contributed by atoms with Crippen molar-refractivity contribution >= 4 is 16.5 Å². The Bertz CT molecular complexity index is 794. The molecule has 0 radical (unpaired) electrons. The van der Waals surface area contributed by atoms with E-state index in [1.807, 2.05) is 6.92 Å². The van der Waals surface area contributed by atoms with Gasteiger partial charge in [0.25, 0.3) is 5.56 Å². The van der Waals surface area contributed by atoms with Crippen LogP contribution in [0.15, 0.2) is 10.9 Å². The summed E-state index contributed by atoms with van der Waals surface area (Å²) in [6.45, 7) is 5.14. The molecule has 6 nitrogen and oxygen atoms in total. The molecule has 2 aliphatic rings. The molecule has 2 unspecified atom stereocenters. The van der Waals surface area contributed by atoms with Crippen LogP contribution in [-0.4, -0.2) is 34.0 Å². The van der Waals surface area contributed by atoms with E-state index < -0.39 is 0 Å². The second-order valence-corrected chi connectivity index (χ2v) is 7.83. The lowest BCUT2D eigenvalue weighted by Crippen LogP contribution is -2.38. The first kappa shape index (κ1) is 15.8. The molecule has 2 aromatic heterocycles. The molecule has 7 heteroatoms. The monoisotopic (exact) mass is 346 g/mol. The first-order chi connectivity index (χ1) is 11.6. The Morgan fingerprint density at radius 2 is 2.12 bits per heavy atom. The van der Waals surface area contributed by atoms with Crippen molar-refractivity contribution in [1.29, 1.82) is 0 Å². The first-order valence-electron chi connectivity index (χ1n) is 8.52. The molecule has 0 spiro atoms. The third-order valence-electron chi connectivity index (χ3n) is 4.93. The van der Waals surface area contributed by atoms with Gasteiger partial charge in [0.1, 0.15) is 6.04 Å². The predicted octanol–water partition coefficient (Wildman–Crippen LogP) is 2.25. The van der Waals surface area contributed by atoms with E-state index in [1.165, 1.54) is 4.88 Å². The first-order valence-corrected chi connectivity index (χ1v) is 9.33. The van der Waals surface area contributed by atoms with E-state index >= 15 is 0 Å². The minimum Gasteiger partial charge on any atom is -0.377 e. The number of nitrogens with one attached hydrogen (secondary N) is 1. The molecule has 24 heavy (non-hydrogen) atoms. The summed E-state index contributed by atoms with van der Waals surface area (Å²) < 4.78 is 7.27. The van der Waals surface area contributed by atoms with Gasteiger partial charge in [-0.15, -0.1) is 11.3 Å². The van der Waals surface area contributed by atoms with Gasteiger partial charge in [-0.25, -0.2) is 9.67 Å². The Kier molecular flexibility index (Phi) is 4.14. The van der Waals surface area contributed by atoms with Gasteiger partial charge in [-0.3, -0.25) is 4.79 Å². The molecule has 0 saturated carbocycles. The average Bonchev–Trinajstić information content (AvgIpc) is 3.14. The van der Waals surface area contributed by atoms with E-state index in [1.54, 1.807) is 22.1 Å². The lowest BCUT2D eigenvalue weighted by atomic mass is 9.97. The number of anilines is 1. The molecular weight excluding hydrogens is 324 g/mol. The van der Waals surface area contributed by atoms with Crippen molar-refractivity contribution in [1.82, 2.24) is 14.8 Å². The fourth-order valence-corrected chi connectivity index (χ4v) is 4.31. The highest BCUT2D eigenvalue weighted by molar-refractivity contribution is 7.15. The van der Waals surface area contributed by atoms with Gasteiger partial charge in [0.05, 0.1) is 30.6 Å². The minimum atomic E-state index is -0.0887. The highest BCUT2D eigenvalue weighted by Crippen LogP contribution is 2.27. The Balaban J connectivity index is 1.61. The van der Waals surface area contributed by atoms with Crippen LogP contribution in [0.5, 0.6) is 0 Å². The van der Waals surface area contributed by atoms with Crippen molar-refractivity contribution in [3.63, 3.8) is 0 Å². The van der Waals surface area contributed by atoms with Crippen LogP contribution in [0.25, 0.3) is 0 Å². The zero-order chi connectivity index (χ0) is 16.7. The molecule has 2 aromatic rings. The fourth-order valence-electron chi connectivity index (χ4n) is 3.43. The fraction of sp³-hybridized carbons (Fsp3) is 0.588. The standard InChI is InChI=1S/C17H22N4O2S/c1-10-11(2)24-17(18-10)19-14-8-23-9-15(14)21-16(22)7-12-5-3-4-6-13(12)20-21/h7,14-15H,3-6,8-9H2,1-2H3,(H,18,19). The summed E-state index contributed by atoms with van der Waals surface area (Å²) in [5.41, 5.74) is 3.22. The van der Waals surface area contributed by atoms with E-state index in [4.69, 9.17) is 4.74 Å². The highest BCUT2D eigenvalue weighted by Gasteiger charge is 2.32. The predicted molar refractivity (Wildman–Crippen MR) is 94.0 cm³/mol. The van der Waals surface area contributed by atoms with E-state index in [0.29, 0.717) is 13.2 Å². The number of aryl methyl sites for hydroxylation is 4. The lowest BCUT2D eigenvalue weighted by Gasteiger charge is -2.22. The van der Waals surface area contributed by atoms with E-state index in [0.717, 1.165) is 47.8 Å². The van der Waals surface area contributed by atoms with Crippen LogP contribution < -0.4 is 10.9 Å². The summed E-state index contributed by atoms with van der Waals surface area (Å²) >= 11 is 1.64. The molecule has 0 amide bonds. The Morgan fingerprint density at radius 1 is 1.29 bits per heavy atom. The lowest BCUT2D eigenvalue weighted by molar-refractivity contribution is 0.182. The summed E-state index contributed by atoms with van der Waals surface area (Å²) in [7, 11) is 0. The zero-order valence-corrected chi connectivity index (χ0v) is 14.9. The number of fused-ring (bicyclic) bond motifs is 1. The van der Waals surface area contributed by atoms with Crippen molar-refractivity contribution < 1.29 is 4.74 Å². The van der Waals surface area contributed by atoms with E-state index in [2.05, 4.69) is 22.3 Å². The summed E-state index contributed by atoms with van der Waals surface area (Å²) in [6, 6.07) is 1.70. The molecule has 1 N–H and O–H groups in total. The summed E-state index contributed by atoms with van der Waals surface area (Å²) in [5.74, 6) is 0. The molecule has 3 heterocycles. The Morgan fingerprint density at radius 3 is 2.92 bits per heavy atom. The number of thiazole rings is 1. The van der Waals surface area contributed by atoms with Crippen LogP contribution in [0.1, 0.15) is 40.7 Å². The van der Waals surface area contributed by atoms with Crippen LogP contribution in [0.2, 0.25) is 0 Å². The van der Waals surface area contributed by atoms with E-state index in [-0.39, 0.29) is 17.6 Å². The van der Waals surface area contributed by atoms with Crippen molar-refractivity contribution in [2.24, 2.45) is 0 Å². The molecular formula is C17H22N4O2S. The quantitative estimate of drug-likeness (QED) is 0.923. The number of rotatable bonds is 3. The van der Waals surface area contributed by atoms with Crippen LogP contribution in [-0.2, 0) is 17.6 Å². The van der Waals surface area contributed by atoms with Gasteiger partial charge >= 0.3 is 0 Å². The van der Waals surface area contributed by atoms with Crippen molar-refractivity contribution in [3.05, 3.63) is 38.2 Å². The average molecular weight is 346 g/mol. The molecule has 1 fully saturated rings. The van der Waals surface area contributed by atoms with Gasteiger partial charge in [0, 0.05) is 10.9 Å². The maximum Gasteiger partial charge on any atom is 0.267 e. The van der Waals surface area contributed by atoms with Gasteiger partial charge in [-0.2, -0.15) is 5.10 Å². The molecule has 128 valence electrons. The molecule has 1 aliphatic heterocycles. The van der Waals surface area contributed by atoms with Gasteiger partial charge in [0.15, 0.2) is 5.13 Å². The molecule has 1 saturated heterocycles. The van der Waals surface area contributed by atoms with Crippen molar-refractivity contribution in [2.45, 2.75) is 51.6 Å². The molecule has 0 aromatic carbocycles. The van der Waals surface area contributed by atoms with Crippen LogP contribution in [0, 0.1) is 13.8 Å². The molecule has 1 aliphatic carbocycles. The topological polar surface area (TPSA) is 69.0 Å². The summed E-state index contributed by atoms with van der Waals surface area (Å²) in [4.78, 5) is 18.3. The summed E-state index contributed by atoms with van der Waals surface area (Å²) in [5, 5.41) is 9.00. The second-order valence-electron chi connectivity index (χ2n) is 6.62. The number of nitrogens with zero attached hydrogens (tertiary/aromatic N) is 3. The summed E-state index contributed by atoms with van der Waals surface area (Å²) in [6.07, 6.45) is 4.24. The van der Waals surface area contributed by atoms with Gasteiger partial charge in [0.2, 0.25) is 0 Å². The molecule has 0 bridgehead atoms. The van der Waals surface area contributed by atoms with E-state index in [9.17, 15) is 4.79 Å². The van der Waals surface area contributed by atoms with Crippen LogP contribution in [0.4, 0.5) is 5.13 Å². The number of aromatic nitrogens is 3. The Labute approximate surface area is 144 Å².